The average molecular weight is 363 g/mol. The monoisotopic (exact) mass is 361 g/mol. The van der Waals surface area contributed by atoms with Crippen LogP contribution in [0.3, 0.4) is 0 Å². The number of anilines is 1. The quantitative estimate of drug-likeness (QED) is 0.786. The molecule has 0 saturated heterocycles. The molecule has 2 aromatic carbocycles. The van der Waals surface area contributed by atoms with Gasteiger partial charge >= 0.3 is 0 Å². The van der Waals surface area contributed by atoms with Crippen LogP contribution in [0.4, 0.5) is 10.1 Å². The minimum Gasteiger partial charge on any atom is -0.322 e. The van der Waals surface area contributed by atoms with Crippen LogP contribution in [0.25, 0.3) is 0 Å². The lowest BCUT2D eigenvalue weighted by atomic mass is 10.2. The third-order valence-corrected chi connectivity index (χ3v) is 3.88. The van der Waals surface area contributed by atoms with E-state index in [1.165, 1.54) is 12.1 Å². The van der Waals surface area contributed by atoms with E-state index in [2.05, 4.69) is 21.2 Å². The molecule has 0 unspecified atom stereocenters. The first-order chi connectivity index (χ1) is 8.97. The van der Waals surface area contributed by atoms with E-state index in [9.17, 15) is 9.18 Å². The molecule has 0 aliphatic carbocycles. The Labute approximate surface area is 127 Å². The van der Waals surface area contributed by atoms with Gasteiger partial charge in [-0.15, -0.1) is 0 Å². The predicted octanol–water partition coefficient (Wildman–Crippen LogP) is 5.15. The van der Waals surface area contributed by atoms with Gasteiger partial charge in [-0.3, -0.25) is 4.79 Å². The van der Waals surface area contributed by atoms with E-state index in [1.54, 1.807) is 18.2 Å². The minimum atomic E-state index is -0.586. The molecule has 2 nitrogen and oxygen atoms in total. The third-order valence-electron chi connectivity index (χ3n) is 2.36. The van der Waals surface area contributed by atoms with Crippen molar-refractivity contribution in [3.63, 3.8) is 0 Å². The molecular formula is C13H7BrCl2FNO. The predicted molar refractivity (Wildman–Crippen MR) is 78.5 cm³/mol. The zero-order valence-electron chi connectivity index (χ0n) is 9.38. The fourth-order valence-corrected chi connectivity index (χ4v) is 2.03. The van der Waals surface area contributed by atoms with Gasteiger partial charge in [-0.25, -0.2) is 4.39 Å². The van der Waals surface area contributed by atoms with Gasteiger partial charge in [-0.05, 0) is 52.3 Å². The fourth-order valence-electron chi connectivity index (χ4n) is 1.41. The Morgan fingerprint density at radius 2 is 1.79 bits per heavy atom. The number of amides is 1. The topological polar surface area (TPSA) is 29.1 Å². The molecule has 19 heavy (non-hydrogen) atoms. The Kier molecular flexibility index (Phi) is 4.45. The van der Waals surface area contributed by atoms with E-state index in [0.29, 0.717) is 20.7 Å². The molecule has 0 bridgehead atoms. The van der Waals surface area contributed by atoms with Gasteiger partial charge in [0.1, 0.15) is 5.82 Å². The second-order valence-corrected chi connectivity index (χ2v) is 5.38. The highest BCUT2D eigenvalue weighted by Crippen LogP contribution is 2.24. The van der Waals surface area contributed by atoms with Crippen LogP contribution in [-0.4, -0.2) is 5.91 Å². The molecule has 6 heteroatoms. The van der Waals surface area contributed by atoms with Gasteiger partial charge in [-0.1, -0.05) is 23.2 Å². The second kappa shape index (κ2) is 5.90. The first kappa shape index (κ1) is 14.3. The molecule has 0 radical (unpaired) electrons. The van der Waals surface area contributed by atoms with Crippen molar-refractivity contribution in [3.8, 4) is 0 Å². The van der Waals surface area contributed by atoms with Gasteiger partial charge < -0.3 is 5.32 Å². The van der Waals surface area contributed by atoms with Crippen LogP contribution < -0.4 is 5.32 Å². The van der Waals surface area contributed by atoms with Gasteiger partial charge in [0.15, 0.2) is 0 Å². The van der Waals surface area contributed by atoms with Crippen LogP contribution in [0.2, 0.25) is 10.0 Å². The lowest BCUT2D eigenvalue weighted by Crippen LogP contribution is -2.12. The number of benzene rings is 2. The molecule has 0 aliphatic rings. The summed E-state index contributed by atoms with van der Waals surface area (Å²) in [7, 11) is 0. The molecular weight excluding hydrogens is 356 g/mol. The Morgan fingerprint density at radius 1 is 1.11 bits per heavy atom. The van der Waals surface area contributed by atoms with Crippen LogP contribution in [-0.2, 0) is 0 Å². The van der Waals surface area contributed by atoms with E-state index >= 15 is 0 Å². The molecule has 0 atom stereocenters. The molecule has 0 spiro atoms. The molecule has 1 amide bonds. The summed E-state index contributed by atoms with van der Waals surface area (Å²) in [6, 6.07) is 8.82. The van der Waals surface area contributed by atoms with Crippen molar-refractivity contribution in [3.05, 3.63) is 62.3 Å². The summed E-state index contributed by atoms with van der Waals surface area (Å²) in [4.78, 5) is 11.9. The number of hydrogen-bond donors (Lipinski definition) is 1. The van der Waals surface area contributed by atoms with Crippen LogP contribution in [0.1, 0.15) is 10.4 Å². The van der Waals surface area contributed by atoms with E-state index in [0.717, 1.165) is 6.07 Å². The molecule has 2 rings (SSSR count). The standard InChI is InChI=1S/C13H7BrCl2FNO/c14-9-5-7(1-3-10(9)15)13(19)18-8-2-4-11(16)12(17)6-8/h1-6H,(H,18,19). The molecule has 0 fully saturated rings. The zero-order valence-corrected chi connectivity index (χ0v) is 12.5. The highest BCUT2D eigenvalue weighted by atomic mass is 79.9. The van der Waals surface area contributed by atoms with Crippen LogP contribution in [0.5, 0.6) is 0 Å². The summed E-state index contributed by atoms with van der Waals surface area (Å²) < 4.78 is 13.9. The normalized spacial score (nSPS) is 10.3. The Morgan fingerprint density at radius 3 is 2.42 bits per heavy atom. The van der Waals surface area contributed by atoms with Crippen molar-refractivity contribution in [1.82, 2.24) is 0 Å². The van der Waals surface area contributed by atoms with E-state index in [-0.39, 0.29) is 10.9 Å². The van der Waals surface area contributed by atoms with Gasteiger partial charge in [0.25, 0.3) is 5.91 Å². The van der Waals surface area contributed by atoms with Gasteiger partial charge in [0, 0.05) is 15.7 Å². The van der Waals surface area contributed by atoms with Gasteiger partial charge in [0.05, 0.1) is 10.0 Å². The number of halogens is 4. The highest BCUT2D eigenvalue weighted by Gasteiger charge is 2.09. The Hall–Kier alpha value is -1.10. The number of carbonyl (C=O) groups excluding carboxylic acids is 1. The molecule has 0 saturated carbocycles. The van der Waals surface area contributed by atoms with Crippen molar-refractivity contribution in [2.24, 2.45) is 0 Å². The molecule has 0 heterocycles. The molecule has 2 aromatic rings. The van der Waals surface area contributed by atoms with Crippen LogP contribution >= 0.6 is 39.1 Å². The maximum Gasteiger partial charge on any atom is 0.255 e. The first-order valence-corrected chi connectivity index (χ1v) is 6.74. The number of hydrogen-bond acceptors (Lipinski definition) is 1. The van der Waals surface area contributed by atoms with Gasteiger partial charge in [-0.2, -0.15) is 0 Å². The maximum atomic E-state index is 13.2. The Balaban J connectivity index is 2.20. The van der Waals surface area contributed by atoms with E-state index < -0.39 is 5.82 Å². The highest BCUT2D eigenvalue weighted by molar-refractivity contribution is 9.10. The minimum absolute atomic E-state index is 0.00670. The van der Waals surface area contributed by atoms with Crippen molar-refractivity contribution in [2.45, 2.75) is 0 Å². The van der Waals surface area contributed by atoms with Gasteiger partial charge in [0.2, 0.25) is 0 Å². The van der Waals surface area contributed by atoms with Crippen molar-refractivity contribution in [1.29, 1.82) is 0 Å². The molecule has 0 aromatic heterocycles. The second-order valence-electron chi connectivity index (χ2n) is 3.71. The number of carbonyl (C=O) groups is 1. The first-order valence-electron chi connectivity index (χ1n) is 5.19. The molecule has 0 aliphatic heterocycles. The Bertz CT molecular complexity index is 649. The van der Waals surface area contributed by atoms with Crippen LogP contribution in [0, 0.1) is 5.82 Å². The summed E-state index contributed by atoms with van der Waals surface area (Å²) in [5.74, 6) is -0.948. The molecule has 98 valence electrons. The van der Waals surface area contributed by atoms with Crippen molar-refractivity contribution >= 4 is 50.7 Å². The SMILES string of the molecule is O=C(Nc1ccc(Cl)c(F)c1)c1ccc(Cl)c(Br)c1. The lowest BCUT2D eigenvalue weighted by Gasteiger charge is -2.07. The maximum absolute atomic E-state index is 13.2. The smallest absolute Gasteiger partial charge is 0.255 e. The fraction of sp³-hybridized carbons (Fsp3) is 0. The zero-order chi connectivity index (χ0) is 14.0. The lowest BCUT2D eigenvalue weighted by molar-refractivity contribution is 0.102. The summed E-state index contributed by atoms with van der Waals surface area (Å²) in [6.45, 7) is 0. The largest absolute Gasteiger partial charge is 0.322 e. The molecule has 1 N–H and O–H groups in total. The summed E-state index contributed by atoms with van der Waals surface area (Å²) in [5, 5.41) is 3.09. The summed E-state index contributed by atoms with van der Waals surface area (Å²) in [6.07, 6.45) is 0. The summed E-state index contributed by atoms with van der Waals surface area (Å²) in [5.41, 5.74) is 0.740. The van der Waals surface area contributed by atoms with E-state index in [4.69, 9.17) is 23.2 Å². The number of nitrogens with one attached hydrogen (secondary N) is 1. The summed E-state index contributed by atoms with van der Waals surface area (Å²) >= 11 is 14.6. The van der Waals surface area contributed by atoms with Crippen molar-refractivity contribution in [2.75, 3.05) is 5.32 Å². The van der Waals surface area contributed by atoms with E-state index in [1.807, 2.05) is 0 Å². The van der Waals surface area contributed by atoms with Crippen LogP contribution in [0.15, 0.2) is 40.9 Å². The van der Waals surface area contributed by atoms with Crippen molar-refractivity contribution < 1.29 is 9.18 Å². The average Bonchev–Trinajstić information content (AvgIpc) is 2.37. The number of rotatable bonds is 2. The third kappa shape index (κ3) is 3.47.